The van der Waals surface area contributed by atoms with Crippen LogP contribution >= 0.6 is 0 Å². The molecule has 1 heterocycles. The summed E-state index contributed by atoms with van der Waals surface area (Å²) in [5.74, 6) is 0.489. The molecule has 0 aromatic heterocycles. The van der Waals surface area contributed by atoms with Gasteiger partial charge < -0.3 is 10.6 Å². The molecule has 1 aromatic rings. The van der Waals surface area contributed by atoms with Crippen LogP contribution in [0.25, 0.3) is 0 Å². The minimum atomic E-state index is 0.138. The molecule has 3 unspecified atom stereocenters. The van der Waals surface area contributed by atoms with E-state index in [0.29, 0.717) is 5.92 Å². The Balaban J connectivity index is 1.85. The smallest absolute Gasteiger partial charge is 0.0333 e. The average molecular weight is 289 g/mol. The van der Waals surface area contributed by atoms with Crippen molar-refractivity contribution in [2.75, 3.05) is 32.7 Å². The van der Waals surface area contributed by atoms with Gasteiger partial charge in [-0.3, -0.25) is 4.90 Å². The second kappa shape index (κ2) is 7.92. The number of likely N-dealkylation sites (tertiary alicyclic amines) is 1. The lowest BCUT2D eigenvalue weighted by Crippen LogP contribution is -2.38. The molecular formula is C18H31N3. The van der Waals surface area contributed by atoms with Crippen molar-refractivity contribution in [2.45, 2.75) is 39.3 Å². The number of likely N-dealkylation sites (N-methyl/N-ethyl adjacent to an activating group) is 1. The van der Waals surface area contributed by atoms with Crippen molar-refractivity contribution in [3.63, 3.8) is 0 Å². The Bertz CT molecular complexity index is 402. The fourth-order valence-corrected chi connectivity index (χ4v) is 3.54. The third-order valence-corrected chi connectivity index (χ3v) is 4.92. The van der Waals surface area contributed by atoms with Crippen LogP contribution in [0.5, 0.6) is 0 Å². The summed E-state index contributed by atoms with van der Waals surface area (Å²) in [6.07, 6.45) is 1.30. The second-order valence-corrected chi connectivity index (χ2v) is 6.34. The normalized spacial score (nSPS) is 22.6. The van der Waals surface area contributed by atoms with E-state index in [2.05, 4.69) is 60.9 Å². The Morgan fingerprint density at radius 1 is 1.24 bits per heavy atom. The van der Waals surface area contributed by atoms with Gasteiger partial charge in [0.15, 0.2) is 0 Å². The van der Waals surface area contributed by atoms with Gasteiger partial charge in [0.1, 0.15) is 0 Å². The van der Waals surface area contributed by atoms with Gasteiger partial charge in [-0.25, -0.2) is 0 Å². The summed E-state index contributed by atoms with van der Waals surface area (Å²) in [5.41, 5.74) is 7.68. The van der Waals surface area contributed by atoms with Crippen molar-refractivity contribution in [3.05, 3.63) is 35.9 Å². The van der Waals surface area contributed by atoms with Gasteiger partial charge in [-0.15, -0.1) is 0 Å². The molecule has 0 radical (unpaired) electrons. The van der Waals surface area contributed by atoms with Gasteiger partial charge in [-0.1, -0.05) is 51.1 Å². The van der Waals surface area contributed by atoms with E-state index in [1.165, 1.54) is 25.1 Å². The lowest BCUT2D eigenvalue weighted by molar-refractivity contribution is 0.199. The number of nitrogens with two attached hydrogens (primary N) is 1. The lowest BCUT2D eigenvalue weighted by Gasteiger charge is -2.28. The number of rotatable bonds is 7. The van der Waals surface area contributed by atoms with Crippen molar-refractivity contribution >= 4 is 0 Å². The summed E-state index contributed by atoms with van der Waals surface area (Å²) in [4.78, 5) is 5.18. The monoisotopic (exact) mass is 289 g/mol. The summed E-state index contributed by atoms with van der Waals surface area (Å²) in [6, 6.07) is 11.4. The fourth-order valence-electron chi connectivity index (χ4n) is 3.54. The maximum Gasteiger partial charge on any atom is 0.0333 e. The molecule has 3 atom stereocenters. The van der Waals surface area contributed by atoms with Crippen molar-refractivity contribution in [2.24, 2.45) is 11.7 Å². The standard InChI is InChI=1S/C18H31N3/c1-4-21(5-2)17-11-12-20(14-17)13-15(3)18(19)16-9-7-6-8-10-16/h6-10,15,17-18H,4-5,11-14,19H2,1-3H3. The molecule has 3 nitrogen and oxygen atoms in total. The Morgan fingerprint density at radius 2 is 1.90 bits per heavy atom. The molecule has 1 fully saturated rings. The zero-order valence-corrected chi connectivity index (χ0v) is 13.8. The highest BCUT2D eigenvalue weighted by atomic mass is 15.2. The molecule has 1 aromatic carbocycles. The zero-order chi connectivity index (χ0) is 15.2. The highest BCUT2D eigenvalue weighted by molar-refractivity contribution is 5.19. The fraction of sp³-hybridized carbons (Fsp3) is 0.667. The lowest BCUT2D eigenvalue weighted by atomic mass is 9.95. The molecule has 0 aliphatic carbocycles. The van der Waals surface area contributed by atoms with Crippen LogP contribution in [0.15, 0.2) is 30.3 Å². The Hall–Kier alpha value is -0.900. The van der Waals surface area contributed by atoms with E-state index in [-0.39, 0.29) is 6.04 Å². The largest absolute Gasteiger partial charge is 0.324 e. The molecule has 1 aliphatic rings. The predicted octanol–water partition coefficient (Wildman–Crippen LogP) is 2.74. The van der Waals surface area contributed by atoms with Gasteiger partial charge in [0.25, 0.3) is 0 Å². The van der Waals surface area contributed by atoms with Crippen LogP contribution < -0.4 is 5.73 Å². The van der Waals surface area contributed by atoms with Gasteiger partial charge in [0.2, 0.25) is 0 Å². The Kier molecular flexibility index (Phi) is 6.22. The van der Waals surface area contributed by atoms with Crippen molar-refractivity contribution < 1.29 is 0 Å². The van der Waals surface area contributed by atoms with E-state index in [9.17, 15) is 0 Å². The van der Waals surface area contributed by atoms with Crippen LogP contribution in [-0.4, -0.2) is 48.6 Å². The predicted molar refractivity (Wildman–Crippen MR) is 90.3 cm³/mol. The topological polar surface area (TPSA) is 32.5 Å². The summed E-state index contributed by atoms with van der Waals surface area (Å²) >= 11 is 0. The molecule has 3 heteroatoms. The maximum absolute atomic E-state index is 6.43. The van der Waals surface area contributed by atoms with Gasteiger partial charge in [-0.05, 0) is 37.5 Å². The van der Waals surface area contributed by atoms with Crippen molar-refractivity contribution in [1.82, 2.24) is 9.80 Å². The van der Waals surface area contributed by atoms with Crippen LogP contribution in [0.3, 0.4) is 0 Å². The van der Waals surface area contributed by atoms with Crippen LogP contribution in [0.1, 0.15) is 38.8 Å². The highest BCUT2D eigenvalue weighted by Crippen LogP contribution is 2.23. The van der Waals surface area contributed by atoms with E-state index >= 15 is 0 Å². The summed E-state index contributed by atoms with van der Waals surface area (Å²) in [6.45, 7) is 12.7. The summed E-state index contributed by atoms with van der Waals surface area (Å²) in [7, 11) is 0. The van der Waals surface area contributed by atoms with Gasteiger partial charge >= 0.3 is 0 Å². The Labute approximate surface area is 130 Å². The van der Waals surface area contributed by atoms with Gasteiger partial charge in [-0.2, -0.15) is 0 Å². The van der Waals surface area contributed by atoms with Gasteiger partial charge in [0.05, 0.1) is 0 Å². The SMILES string of the molecule is CCN(CC)C1CCN(CC(C)C(N)c2ccccc2)C1. The molecule has 0 amide bonds. The summed E-state index contributed by atoms with van der Waals surface area (Å²) < 4.78 is 0. The molecule has 2 rings (SSSR count). The van der Waals surface area contributed by atoms with Gasteiger partial charge in [0, 0.05) is 25.2 Å². The molecule has 1 aliphatic heterocycles. The first-order valence-corrected chi connectivity index (χ1v) is 8.42. The average Bonchev–Trinajstić information content (AvgIpc) is 2.97. The van der Waals surface area contributed by atoms with Crippen LogP contribution in [0.4, 0.5) is 0 Å². The molecule has 21 heavy (non-hydrogen) atoms. The first kappa shape index (κ1) is 16.5. The number of benzene rings is 1. The first-order chi connectivity index (χ1) is 10.2. The number of nitrogens with zero attached hydrogens (tertiary/aromatic N) is 2. The molecule has 0 saturated carbocycles. The quantitative estimate of drug-likeness (QED) is 0.838. The first-order valence-electron chi connectivity index (χ1n) is 8.42. The van der Waals surface area contributed by atoms with Crippen molar-refractivity contribution in [3.8, 4) is 0 Å². The maximum atomic E-state index is 6.43. The minimum Gasteiger partial charge on any atom is -0.324 e. The van der Waals surface area contributed by atoms with E-state index in [4.69, 9.17) is 5.73 Å². The zero-order valence-electron chi connectivity index (χ0n) is 13.8. The van der Waals surface area contributed by atoms with E-state index in [1.807, 2.05) is 0 Å². The summed E-state index contributed by atoms with van der Waals surface area (Å²) in [5, 5.41) is 0. The molecular weight excluding hydrogens is 258 g/mol. The van der Waals surface area contributed by atoms with E-state index in [1.54, 1.807) is 0 Å². The van der Waals surface area contributed by atoms with Crippen LogP contribution in [-0.2, 0) is 0 Å². The van der Waals surface area contributed by atoms with Crippen molar-refractivity contribution in [1.29, 1.82) is 0 Å². The number of hydrogen-bond donors (Lipinski definition) is 1. The number of hydrogen-bond acceptors (Lipinski definition) is 3. The molecule has 2 N–H and O–H groups in total. The molecule has 1 saturated heterocycles. The van der Waals surface area contributed by atoms with E-state index in [0.717, 1.165) is 25.7 Å². The second-order valence-electron chi connectivity index (χ2n) is 6.34. The molecule has 0 bridgehead atoms. The molecule has 0 spiro atoms. The highest BCUT2D eigenvalue weighted by Gasteiger charge is 2.28. The van der Waals surface area contributed by atoms with E-state index < -0.39 is 0 Å². The molecule has 118 valence electrons. The third kappa shape index (κ3) is 4.29. The van der Waals surface area contributed by atoms with Crippen LogP contribution in [0, 0.1) is 5.92 Å². The van der Waals surface area contributed by atoms with Crippen LogP contribution in [0.2, 0.25) is 0 Å². The third-order valence-electron chi connectivity index (χ3n) is 4.92. The minimum absolute atomic E-state index is 0.138. The Morgan fingerprint density at radius 3 is 2.52 bits per heavy atom.